The fourth-order valence-electron chi connectivity index (χ4n) is 2.39. The molecule has 0 heterocycles. The zero-order valence-corrected chi connectivity index (χ0v) is 15.9. The monoisotopic (exact) mass is 391 g/mol. The van der Waals surface area contributed by atoms with Crippen molar-refractivity contribution in [2.24, 2.45) is 0 Å². The summed E-state index contributed by atoms with van der Waals surface area (Å²) in [6.07, 6.45) is 1.67. The van der Waals surface area contributed by atoms with E-state index in [1.807, 2.05) is 0 Å². The third kappa shape index (κ3) is 6.10. The van der Waals surface area contributed by atoms with Crippen LogP contribution < -0.4 is 10.1 Å². The first kappa shape index (κ1) is 20.4. The number of hydrogen-bond acceptors (Lipinski definition) is 5. The fourth-order valence-corrected chi connectivity index (χ4v) is 3.04. The van der Waals surface area contributed by atoms with Gasteiger partial charge in [0, 0.05) is 18.4 Å². The van der Waals surface area contributed by atoms with Gasteiger partial charge in [-0.1, -0.05) is 18.2 Å². The highest BCUT2D eigenvalue weighted by Gasteiger charge is 2.14. The van der Waals surface area contributed by atoms with Crippen molar-refractivity contribution >= 4 is 21.7 Å². The predicted molar refractivity (Wildman–Crippen MR) is 99.9 cm³/mol. The van der Waals surface area contributed by atoms with Crippen LogP contribution in [0.5, 0.6) is 5.75 Å². The number of aryl methyl sites for hydroxylation is 1. The molecule has 2 N–H and O–H groups in total. The van der Waals surface area contributed by atoms with Crippen LogP contribution >= 0.6 is 0 Å². The van der Waals surface area contributed by atoms with Crippen LogP contribution in [0.4, 0.5) is 0 Å². The molecule has 0 aliphatic carbocycles. The molecule has 0 bridgehead atoms. The second-order valence-electron chi connectivity index (χ2n) is 6.08. The zero-order chi connectivity index (χ0) is 20.0. The summed E-state index contributed by atoms with van der Waals surface area (Å²) in [6, 6.07) is 11.4. The van der Waals surface area contributed by atoms with Gasteiger partial charge in [0.05, 0.1) is 4.90 Å². The van der Waals surface area contributed by atoms with Crippen molar-refractivity contribution in [3.05, 3.63) is 59.2 Å². The molecule has 27 heavy (non-hydrogen) atoms. The van der Waals surface area contributed by atoms with Gasteiger partial charge in [-0.05, 0) is 48.7 Å². The fraction of sp³-hybridized carbons (Fsp3) is 0.263. The summed E-state index contributed by atoms with van der Waals surface area (Å²) in [7, 11) is -3.38. The third-order valence-corrected chi connectivity index (χ3v) is 4.98. The largest absolute Gasteiger partial charge is 0.482 e. The Balaban J connectivity index is 1.93. The number of hydrogen-bond donors (Lipinski definition) is 2. The summed E-state index contributed by atoms with van der Waals surface area (Å²) in [5, 5.41) is 11.4. The SMILES string of the molecule is Cc1ccc(S(C)(=O)=O)cc1C(=O)NCCc1ccc(OCC(=O)O)cc1. The number of sulfone groups is 1. The van der Waals surface area contributed by atoms with Gasteiger partial charge in [-0.2, -0.15) is 0 Å². The lowest BCUT2D eigenvalue weighted by Gasteiger charge is -2.10. The molecule has 0 saturated carbocycles. The molecule has 2 aromatic rings. The van der Waals surface area contributed by atoms with E-state index in [-0.39, 0.29) is 10.8 Å². The molecule has 0 aromatic heterocycles. The maximum Gasteiger partial charge on any atom is 0.341 e. The van der Waals surface area contributed by atoms with Crippen LogP contribution in [0.2, 0.25) is 0 Å². The minimum absolute atomic E-state index is 0.107. The summed E-state index contributed by atoms with van der Waals surface area (Å²) in [5.74, 6) is -0.921. The molecule has 144 valence electrons. The molecule has 0 aliphatic rings. The maximum absolute atomic E-state index is 12.4. The van der Waals surface area contributed by atoms with Gasteiger partial charge >= 0.3 is 5.97 Å². The molecule has 0 atom stereocenters. The Labute approximate surface area is 157 Å². The second-order valence-corrected chi connectivity index (χ2v) is 8.10. The van der Waals surface area contributed by atoms with Crippen molar-refractivity contribution in [2.75, 3.05) is 19.4 Å². The molecule has 0 unspecified atom stereocenters. The van der Waals surface area contributed by atoms with Crippen molar-refractivity contribution < 1.29 is 27.9 Å². The lowest BCUT2D eigenvalue weighted by atomic mass is 10.1. The van der Waals surface area contributed by atoms with Crippen molar-refractivity contribution in [2.45, 2.75) is 18.2 Å². The summed E-state index contributed by atoms with van der Waals surface area (Å²) >= 11 is 0. The number of amides is 1. The van der Waals surface area contributed by atoms with Crippen LogP contribution in [0.25, 0.3) is 0 Å². The quantitative estimate of drug-likeness (QED) is 0.710. The molecule has 2 aromatic carbocycles. The van der Waals surface area contributed by atoms with E-state index >= 15 is 0 Å². The maximum atomic E-state index is 12.4. The van der Waals surface area contributed by atoms with Gasteiger partial charge in [-0.25, -0.2) is 13.2 Å². The summed E-state index contributed by atoms with van der Waals surface area (Å²) < 4.78 is 28.4. The molecular formula is C19H21NO6S. The molecule has 8 heteroatoms. The third-order valence-electron chi connectivity index (χ3n) is 3.87. The van der Waals surface area contributed by atoms with Gasteiger partial charge < -0.3 is 15.2 Å². The van der Waals surface area contributed by atoms with E-state index in [1.165, 1.54) is 12.1 Å². The lowest BCUT2D eigenvalue weighted by molar-refractivity contribution is -0.139. The number of aliphatic carboxylic acids is 1. The standard InChI is InChI=1S/C19H21NO6S/c1-13-3-8-16(27(2,24)25)11-17(13)19(23)20-10-9-14-4-6-15(7-5-14)26-12-18(21)22/h3-8,11H,9-10,12H2,1-2H3,(H,20,23)(H,21,22). The number of ether oxygens (including phenoxy) is 1. The van der Waals surface area contributed by atoms with E-state index < -0.39 is 22.4 Å². The number of rotatable bonds is 8. The zero-order valence-electron chi connectivity index (χ0n) is 15.1. The first-order chi connectivity index (χ1) is 12.7. The van der Waals surface area contributed by atoms with Crippen LogP contribution in [0, 0.1) is 6.92 Å². The average molecular weight is 391 g/mol. The van der Waals surface area contributed by atoms with E-state index in [0.29, 0.717) is 29.8 Å². The predicted octanol–water partition coefficient (Wildman–Crippen LogP) is 1.83. The Morgan fingerprint density at radius 3 is 2.37 bits per heavy atom. The van der Waals surface area contributed by atoms with Crippen LogP contribution in [0.15, 0.2) is 47.4 Å². The van der Waals surface area contributed by atoms with Crippen molar-refractivity contribution in [3.63, 3.8) is 0 Å². The minimum atomic E-state index is -3.38. The molecule has 0 saturated heterocycles. The Kier molecular flexibility index (Phi) is 6.57. The van der Waals surface area contributed by atoms with Crippen LogP contribution in [0.1, 0.15) is 21.5 Å². The van der Waals surface area contributed by atoms with Gasteiger partial charge in [0.1, 0.15) is 5.75 Å². The van der Waals surface area contributed by atoms with Crippen molar-refractivity contribution in [1.29, 1.82) is 0 Å². The first-order valence-electron chi connectivity index (χ1n) is 8.19. The second kappa shape index (κ2) is 8.68. The van der Waals surface area contributed by atoms with Gasteiger partial charge in [-0.15, -0.1) is 0 Å². The Morgan fingerprint density at radius 1 is 1.11 bits per heavy atom. The number of carbonyl (C=O) groups excluding carboxylic acids is 1. The molecule has 2 rings (SSSR count). The number of carbonyl (C=O) groups is 2. The molecular weight excluding hydrogens is 370 g/mol. The molecule has 1 amide bonds. The number of carboxylic acid groups (broad SMARTS) is 1. The highest BCUT2D eigenvalue weighted by Crippen LogP contribution is 2.16. The highest BCUT2D eigenvalue weighted by molar-refractivity contribution is 7.90. The van der Waals surface area contributed by atoms with E-state index in [0.717, 1.165) is 11.8 Å². The lowest BCUT2D eigenvalue weighted by Crippen LogP contribution is -2.26. The Bertz CT molecular complexity index is 935. The van der Waals surface area contributed by atoms with Crippen LogP contribution in [-0.4, -0.2) is 44.8 Å². The van der Waals surface area contributed by atoms with Gasteiger partial charge in [-0.3, -0.25) is 4.79 Å². The summed E-state index contributed by atoms with van der Waals surface area (Å²) in [6.45, 7) is 1.72. The van der Waals surface area contributed by atoms with E-state index in [1.54, 1.807) is 37.3 Å². The van der Waals surface area contributed by atoms with Gasteiger partial charge in [0.25, 0.3) is 5.91 Å². The summed E-state index contributed by atoms with van der Waals surface area (Å²) in [5.41, 5.74) is 1.97. The normalized spacial score (nSPS) is 11.0. The van der Waals surface area contributed by atoms with Crippen molar-refractivity contribution in [1.82, 2.24) is 5.32 Å². The average Bonchev–Trinajstić information content (AvgIpc) is 2.60. The highest BCUT2D eigenvalue weighted by atomic mass is 32.2. The molecule has 0 fully saturated rings. The molecule has 0 radical (unpaired) electrons. The topological polar surface area (TPSA) is 110 Å². The Morgan fingerprint density at radius 2 is 1.78 bits per heavy atom. The van der Waals surface area contributed by atoms with Crippen LogP contribution in [0.3, 0.4) is 0 Å². The first-order valence-corrected chi connectivity index (χ1v) is 10.1. The smallest absolute Gasteiger partial charge is 0.341 e. The van der Waals surface area contributed by atoms with Crippen LogP contribution in [-0.2, 0) is 21.1 Å². The number of benzene rings is 2. The van der Waals surface area contributed by atoms with Crippen molar-refractivity contribution in [3.8, 4) is 5.75 Å². The number of nitrogens with one attached hydrogen (secondary N) is 1. The van der Waals surface area contributed by atoms with Gasteiger partial charge in [0.15, 0.2) is 16.4 Å². The van der Waals surface area contributed by atoms with E-state index in [9.17, 15) is 18.0 Å². The Hall–Kier alpha value is -2.87. The summed E-state index contributed by atoms with van der Waals surface area (Å²) in [4.78, 5) is 22.9. The minimum Gasteiger partial charge on any atom is -0.482 e. The van der Waals surface area contributed by atoms with E-state index in [2.05, 4.69) is 5.32 Å². The van der Waals surface area contributed by atoms with Gasteiger partial charge in [0.2, 0.25) is 0 Å². The van der Waals surface area contributed by atoms with E-state index in [4.69, 9.17) is 9.84 Å². The molecule has 0 spiro atoms. The molecule has 0 aliphatic heterocycles. The molecule has 7 nitrogen and oxygen atoms in total. The number of carboxylic acids is 1.